The molecule has 0 saturated carbocycles. The fourth-order valence-corrected chi connectivity index (χ4v) is 1.17. The first kappa shape index (κ1) is 8.27. The van der Waals surface area contributed by atoms with Crippen LogP contribution in [0.15, 0.2) is 17.6 Å². The summed E-state index contributed by atoms with van der Waals surface area (Å²) in [6.45, 7) is 0.520. The zero-order chi connectivity index (χ0) is 9.15. The topological polar surface area (TPSA) is 78.6 Å². The molecule has 2 heterocycles. The van der Waals surface area contributed by atoms with Gasteiger partial charge in [-0.2, -0.15) is 0 Å². The highest BCUT2D eigenvalue weighted by Crippen LogP contribution is 2.21. The van der Waals surface area contributed by atoms with Crippen LogP contribution in [0.25, 0.3) is 0 Å². The molecule has 1 aliphatic rings. The molecule has 13 heavy (non-hydrogen) atoms. The second-order valence-electron chi connectivity index (χ2n) is 2.74. The Morgan fingerprint density at radius 3 is 2.77 bits per heavy atom. The Hall–Kier alpha value is -1.34. The number of nitrogens with zero attached hydrogens (tertiary/aromatic N) is 4. The molecule has 0 unspecified atom stereocenters. The quantitative estimate of drug-likeness (QED) is 0.589. The van der Waals surface area contributed by atoms with Gasteiger partial charge in [-0.15, -0.1) is 10.0 Å². The summed E-state index contributed by atoms with van der Waals surface area (Å²) in [6.07, 6.45) is 3.03. The van der Waals surface area contributed by atoms with E-state index >= 15 is 0 Å². The molecule has 0 spiro atoms. The average Bonchev–Trinajstić information content (AvgIpc) is 2.72. The van der Waals surface area contributed by atoms with Crippen molar-refractivity contribution in [2.45, 2.75) is 5.66 Å². The first-order valence-electron chi connectivity index (χ1n) is 3.74. The molecule has 2 rings (SSSR count). The second kappa shape index (κ2) is 3.19. The van der Waals surface area contributed by atoms with Gasteiger partial charge in [0.25, 0.3) is 0 Å². The lowest BCUT2D eigenvalue weighted by Gasteiger charge is -2.29. The lowest BCUT2D eigenvalue weighted by molar-refractivity contribution is -0.159. The Bertz CT molecular complexity index is 280. The number of aromatic nitrogens is 3. The fourth-order valence-electron chi connectivity index (χ4n) is 1.17. The first-order chi connectivity index (χ1) is 6.37. The van der Waals surface area contributed by atoms with Crippen molar-refractivity contribution in [3.05, 3.63) is 17.3 Å². The highest BCUT2D eigenvalue weighted by molar-refractivity contribution is 4.85. The van der Waals surface area contributed by atoms with Gasteiger partial charge in [0.05, 0.1) is 6.20 Å². The van der Waals surface area contributed by atoms with Crippen molar-refractivity contribution < 1.29 is 9.47 Å². The minimum atomic E-state index is -1.09. The Labute approximate surface area is 73.6 Å². The monoisotopic (exact) mass is 184 g/mol. The molecule has 1 aliphatic heterocycles. The van der Waals surface area contributed by atoms with Crippen LogP contribution < -0.4 is 0 Å². The molecule has 0 N–H and O–H groups in total. The van der Waals surface area contributed by atoms with Crippen LogP contribution in [0.1, 0.15) is 0 Å². The second-order valence-corrected chi connectivity index (χ2v) is 2.74. The maximum Gasteiger partial charge on any atom is 0.240 e. The normalized spacial score (nSPS) is 21.2. The molecular formula is C6H8N4O3. The first-order valence-corrected chi connectivity index (χ1v) is 3.74. The predicted octanol–water partition coefficient (Wildman–Crippen LogP) is -0.298. The number of hydrogen-bond acceptors (Lipinski definition) is 6. The highest BCUT2D eigenvalue weighted by Gasteiger charge is 2.38. The van der Waals surface area contributed by atoms with Gasteiger partial charge in [0.1, 0.15) is 20.0 Å². The molecule has 0 amide bonds. The SMILES string of the molecule is O=NC1(n2ccnn2)COCOC1. The van der Waals surface area contributed by atoms with Crippen molar-refractivity contribution in [2.75, 3.05) is 20.0 Å². The third-order valence-electron chi connectivity index (χ3n) is 1.85. The van der Waals surface area contributed by atoms with Crippen LogP contribution >= 0.6 is 0 Å². The van der Waals surface area contributed by atoms with Gasteiger partial charge >= 0.3 is 0 Å². The number of hydrogen-bond donors (Lipinski definition) is 0. The summed E-state index contributed by atoms with van der Waals surface area (Å²) in [7, 11) is 0. The van der Waals surface area contributed by atoms with Gasteiger partial charge in [-0.3, -0.25) is 0 Å². The van der Waals surface area contributed by atoms with Gasteiger partial charge in [0.15, 0.2) is 0 Å². The van der Waals surface area contributed by atoms with Crippen molar-refractivity contribution in [3.8, 4) is 0 Å². The van der Waals surface area contributed by atoms with E-state index in [1.807, 2.05) is 0 Å². The van der Waals surface area contributed by atoms with Crippen LogP contribution in [0.4, 0.5) is 0 Å². The summed E-state index contributed by atoms with van der Waals surface area (Å²) in [5.74, 6) is 0. The lowest BCUT2D eigenvalue weighted by atomic mass is 10.2. The average molecular weight is 184 g/mol. The molecule has 1 aromatic heterocycles. The highest BCUT2D eigenvalue weighted by atomic mass is 16.7. The molecule has 1 aromatic rings. The van der Waals surface area contributed by atoms with Gasteiger partial charge in [0.2, 0.25) is 5.66 Å². The van der Waals surface area contributed by atoms with Crippen LogP contribution in [-0.4, -0.2) is 35.0 Å². The van der Waals surface area contributed by atoms with Gasteiger partial charge in [-0.05, 0) is 5.18 Å². The summed E-state index contributed by atoms with van der Waals surface area (Å²) >= 11 is 0. The van der Waals surface area contributed by atoms with E-state index in [9.17, 15) is 4.91 Å². The van der Waals surface area contributed by atoms with Gasteiger partial charge in [0, 0.05) is 6.20 Å². The fraction of sp³-hybridized carbons (Fsp3) is 0.667. The maximum atomic E-state index is 10.7. The zero-order valence-corrected chi connectivity index (χ0v) is 6.79. The molecule has 1 fully saturated rings. The van der Waals surface area contributed by atoms with E-state index in [4.69, 9.17) is 9.47 Å². The van der Waals surface area contributed by atoms with E-state index in [0.29, 0.717) is 0 Å². The molecule has 0 aliphatic carbocycles. The van der Waals surface area contributed by atoms with Crippen molar-refractivity contribution in [1.82, 2.24) is 15.0 Å². The van der Waals surface area contributed by atoms with Crippen LogP contribution in [0.3, 0.4) is 0 Å². The Balaban J connectivity index is 2.28. The molecule has 0 radical (unpaired) electrons. The minimum Gasteiger partial charge on any atom is -0.351 e. The van der Waals surface area contributed by atoms with E-state index in [1.54, 1.807) is 6.20 Å². The Morgan fingerprint density at radius 1 is 1.46 bits per heavy atom. The van der Waals surface area contributed by atoms with Crippen molar-refractivity contribution in [1.29, 1.82) is 0 Å². The summed E-state index contributed by atoms with van der Waals surface area (Å²) in [4.78, 5) is 10.7. The molecule has 70 valence electrons. The van der Waals surface area contributed by atoms with Crippen LogP contribution in [0.5, 0.6) is 0 Å². The number of rotatable bonds is 2. The third-order valence-corrected chi connectivity index (χ3v) is 1.85. The van der Waals surface area contributed by atoms with E-state index in [-0.39, 0.29) is 20.0 Å². The smallest absolute Gasteiger partial charge is 0.240 e. The largest absolute Gasteiger partial charge is 0.351 e. The van der Waals surface area contributed by atoms with Gasteiger partial charge < -0.3 is 9.47 Å². The standard InChI is InChI=1S/C6H8N4O3/c11-8-6(3-12-5-13-4-6)10-2-1-7-9-10/h1-2H,3-5H2. The molecule has 0 bridgehead atoms. The molecule has 7 nitrogen and oxygen atoms in total. The van der Waals surface area contributed by atoms with Crippen molar-refractivity contribution >= 4 is 0 Å². The van der Waals surface area contributed by atoms with E-state index in [0.717, 1.165) is 0 Å². The summed E-state index contributed by atoms with van der Waals surface area (Å²) in [6, 6.07) is 0. The van der Waals surface area contributed by atoms with E-state index in [2.05, 4.69) is 15.5 Å². The van der Waals surface area contributed by atoms with Crippen LogP contribution in [0.2, 0.25) is 0 Å². The molecule has 1 saturated heterocycles. The molecular weight excluding hydrogens is 176 g/mol. The molecule has 0 atom stereocenters. The number of nitroso groups, excluding NO2 is 1. The van der Waals surface area contributed by atoms with Crippen molar-refractivity contribution in [3.63, 3.8) is 0 Å². The van der Waals surface area contributed by atoms with E-state index in [1.165, 1.54) is 10.9 Å². The Kier molecular flexibility index (Phi) is 2.03. The van der Waals surface area contributed by atoms with E-state index < -0.39 is 5.66 Å². The number of ether oxygens (including phenoxy) is 2. The zero-order valence-electron chi connectivity index (χ0n) is 6.79. The summed E-state index contributed by atoms with van der Waals surface area (Å²) < 4.78 is 11.3. The minimum absolute atomic E-state index is 0.167. The third kappa shape index (κ3) is 1.31. The molecule has 0 aromatic carbocycles. The van der Waals surface area contributed by atoms with Gasteiger partial charge in [-0.1, -0.05) is 5.21 Å². The van der Waals surface area contributed by atoms with Crippen LogP contribution in [0, 0.1) is 4.91 Å². The lowest BCUT2D eigenvalue weighted by Crippen LogP contribution is -2.45. The van der Waals surface area contributed by atoms with Gasteiger partial charge in [-0.25, -0.2) is 4.68 Å². The summed E-state index contributed by atoms with van der Waals surface area (Å²) in [5, 5.41) is 10.3. The predicted molar refractivity (Wildman–Crippen MR) is 40.6 cm³/mol. The molecule has 7 heteroatoms. The Morgan fingerprint density at radius 2 is 2.23 bits per heavy atom. The summed E-state index contributed by atoms with van der Waals surface area (Å²) in [5.41, 5.74) is -1.09. The van der Waals surface area contributed by atoms with Crippen molar-refractivity contribution in [2.24, 2.45) is 5.18 Å². The maximum absolute atomic E-state index is 10.7. The van der Waals surface area contributed by atoms with Crippen LogP contribution in [-0.2, 0) is 15.1 Å².